The number of esters is 1. The standard InChI is InChI=1S/C27H28N2O6/c30-17-24(29-27(33)35-19-22-14-8-3-9-15-22)25(31)28-23(16-20-10-4-1-5-11-20)26(32)34-18-21-12-6-2-7-13-21/h1-15,23-24,30H,16-19H2,(H,28,31)(H,29,33)/t23-,24-/m1/s1. The molecule has 0 aliphatic heterocycles. The van der Waals surface area contributed by atoms with Crippen LogP contribution in [0.5, 0.6) is 0 Å². The van der Waals surface area contributed by atoms with E-state index in [1.54, 1.807) is 12.1 Å². The third-order valence-electron chi connectivity index (χ3n) is 5.11. The van der Waals surface area contributed by atoms with Crippen LogP contribution in [0.2, 0.25) is 0 Å². The van der Waals surface area contributed by atoms with Gasteiger partial charge in [-0.05, 0) is 16.7 Å². The van der Waals surface area contributed by atoms with Gasteiger partial charge in [0.2, 0.25) is 5.91 Å². The summed E-state index contributed by atoms with van der Waals surface area (Å²) in [4.78, 5) is 37.8. The van der Waals surface area contributed by atoms with Crippen LogP contribution >= 0.6 is 0 Å². The van der Waals surface area contributed by atoms with E-state index in [4.69, 9.17) is 9.47 Å². The predicted octanol–water partition coefficient (Wildman–Crippen LogP) is 2.74. The second-order valence-corrected chi connectivity index (χ2v) is 7.79. The van der Waals surface area contributed by atoms with Gasteiger partial charge in [-0.25, -0.2) is 9.59 Å². The second-order valence-electron chi connectivity index (χ2n) is 7.79. The average Bonchev–Trinajstić information content (AvgIpc) is 2.90. The summed E-state index contributed by atoms with van der Waals surface area (Å²) in [7, 11) is 0. The Morgan fingerprint density at radius 3 is 1.66 bits per heavy atom. The lowest BCUT2D eigenvalue weighted by Gasteiger charge is -2.21. The fourth-order valence-electron chi connectivity index (χ4n) is 3.25. The molecule has 0 radical (unpaired) electrons. The zero-order valence-electron chi connectivity index (χ0n) is 19.1. The number of aliphatic hydroxyl groups is 1. The number of amides is 2. The van der Waals surface area contributed by atoms with Crippen LogP contribution in [0.4, 0.5) is 4.79 Å². The minimum Gasteiger partial charge on any atom is -0.459 e. The lowest BCUT2D eigenvalue weighted by molar-refractivity contribution is -0.149. The molecule has 0 spiro atoms. The molecule has 3 aromatic rings. The van der Waals surface area contributed by atoms with Gasteiger partial charge in [0.05, 0.1) is 6.61 Å². The summed E-state index contributed by atoms with van der Waals surface area (Å²) >= 11 is 0. The van der Waals surface area contributed by atoms with E-state index in [9.17, 15) is 19.5 Å². The number of carbonyl (C=O) groups excluding carboxylic acids is 3. The molecular weight excluding hydrogens is 448 g/mol. The van der Waals surface area contributed by atoms with Crippen molar-refractivity contribution in [3.05, 3.63) is 108 Å². The highest BCUT2D eigenvalue weighted by Gasteiger charge is 2.28. The molecule has 35 heavy (non-hydrogen) atoms. The Balaban J connectivity index is 1.60. The van der Waals surface area contributed by atoms with E-state index in [1.165, 1.54) is 0 Å². The maximum absolute atomic E-state index is 12.8. The first-order valence-electron chi connectivity index (χ1n) is 11.2. The van der Waals surface area contributed by atoms with E-state index in [2.05, 4.69) is 10.6 Å². The molecule has 0 saturated heterocycles. The van der Waals surface area contributed by atoms with Crippen LogP contribution in [0.1, 0.15) is 16.7 Å². The molecule has 8 heteroatoms. The van der Waals surface area contributed by atoms with E-state index in [0.29, 0.717) is 0 Å². The van der Waals surface area contributed by atoms with E-state index < -0.39 is 36.7 Å². The Bertz CT molecular complexity index is 1080. The van der Waals surface area contributed by atoms with E-state index in [-0.39, 0.29) is 19.6 Å². The summed E-state index contributed by atoms with van der Waals surface area (Å²) in [6.45, 7) is -0.618. The quantitative estimate of drug-likeness (QED) is 0.367. The van der Waals surface area contributed by atoms with Crippen LogP contribution in [-0.4, -0.2) is 41.8 Å². The van der Waals surface area contributed by atoms with Crippen molar-refractivity contribution < 1.29 is 29.0 Å². The number of carbonyl (C=O) groups is 3. The summed E-state index contributed by atoms with van der Waals surface area (Å²) < 4.78 is 10.5. The third-order valence-corrected chi connectivity index (χ3v) is 5.11. The molecule has 0 unspecified atom stereocenters. The number of alkyl carbamates (subject to hydrolysis) is 1. The first kappa shape index (κ1) is 25.5. The fraction of sp³-hybridized carbons (Fsp3) is 0.222. The van der Waals surface area contributed by atoms with Crippen molar-refractivity contribution in [1.29, 1.82) is 0 Å². The molecule has 3 aromatic carbocycles. The zero-order chi connectivity index (χ0) is 24.9. The van der Waals surface area contributed by atoms with Gasteiger partial charge in [-0.2, -0.15) is 0 Å². The van der Waals surface area contributed by atoms with Crippen LogP contribution in [0, 0.1) is 0 Å². The smallest absolute Gasteiger partial charge is 0.408 e. The van der Waals surface area contributed by atoms with Gasteiger partial charge in [0.15, 0.2) is 0 Å². The van der Waals surface area contributed by atoms with Gasteiger partial charge in [0.25, 0.3) is 0 Å². The second kappa shape index (κ2) is 13.5. The minimum atomic E-state index is -1.31. The molecule has 0 aliphatic carbocycles. The number of nitrogens with one attached hydrogen (secondary N) is 2. The SMILES string of the molecule is O=C(N[C@H](CO)C(=O)N[C@H](Cc1ccccc1)C(=O)OCc1ccccc1)OCc1ccccc1. The number of benzene rings is 3. The Hall–Kier alpha value is -4.17. The highest BCUT2D eigenvalue weighted by Crippen LogP contribution is 2.08. The van der Waals surface area contributed by atoms with Crippen molar-refractivity contribution in [1.82, 2.24) is 10.6 Å². The fourth-order valence-corrected chi connectivity index (χ4v) is 3.25. The Morgan fingerprint density at radius 2 is 1.14 bits per heavy atom. The molecule has 0 saturated carbocycles. The molecule has 0 heterocycles. The average molecular weight is 477 g/mol. The maximum Gasteiger partial charge on any atom is 0.408 e. The Labute approximate surface area is 203 Å². The molecule has 0 fully saturated rings. The molecule has 3 N–H and O–H groups in total. The molecule has 0 aromatic heterocycles. The van der Waals surface area contributed by atoms with Crippen LogP contribution in [-0.2, 0) is 38.7 Å². The van der Waals surface area contributed by atoms with Crippen LogP contribution < -0.4 is 10.6 Å². The van der Waals surface area contributed by atoms with Gasteiger partial charge < -0.3 is 25.2 Å². The monoisotopic (exact) mass is 476 g/mol. The lowest BCUT2D eigenvalue weighted by atomic mass is 10.1. The van der Waals surface area contributed by atoms with Crippen LogP contribution in [0.15, 0.2) is 91.0 Å². The molecule has 0 aliphatic rings. The number of ether oxygens (including phenoxy) is 2. The summed E-state index contributed by atoms with van der Waals surface area (Å²) in [6.07, 6.45) is -0.689. The molecule has 0 bridgehead atoms. The number of hydrogen-bond donors (Lipinski definition) is 3. The topological polar surface area (TPSA) is 114 Å². The van der Waals surface area contributed by atoms with Crippen LogP contribution in [0.3, 0.4) is 0 Å². The number of aliphatic hydroxyl groups excluding tert-OH is 1. The first-order valence-corrected chi connectivity index (χ1v) is 11.2. The highest BCUT2D eigenvalue weighted by atomic mass is 16.5. The molecule has 2 atom stereocenters. The molecule has 2 amide bonds. The van der Waals surface area contributed by atoms with Crippen molar-refractivity contribution in [3.63, 3.8) is 0 Å². The summed E-state index contributed by atoms with van der Waals surface area (Å²) in [6, 6.07) is 25.0. The van der Waals surface area contributed by atoms with Gasteiger partial charge in [-0.3, -0.25) is 4.79 Å². The van der Waals surface area contributed by atoms with Crippen molar-refractivity contribution in [2.45, 2.75) is 31.7 Å². The molecule has 8 nitrogen and oxygen atoms in total. The molecule has 182 valence electrons. The predicted molar refractivity (Wildman–Crippen MR) is 129 cm³/mol. The highest BCUT2D eigenvalue weighted by molar-refractivity contribution is 5.89. The van der Waals surface area contributed by atoms with Gasteiger partial charge >= 0.3 is 12.1 Å². The summed E-state index contributed by atoms with van der Waals surface area (Å²) in [5.74, 6) is -1.36. The van der Waals surface area contributed by atoms with E-state index in [0.717, 1.165) is 16.7 Å². The van der Waals surface area contributed by atoms with Crippen molar-refractivity contribution in [2.24, 2.45) is 0 Å². The third kappa shape index (κ3) is 8.60. The zero-order valence-corrected chi connectivity index (χ0v) is 19.1. The Kier molecular flexibility index (Phi) is 9.83. The van der Waals surface area contributed by atoms with Crippen molar-refractivity contribution in [2.75, 3.05) is 6.61 Å². The Morgan fingerprint density at radius 1 is 0.657 bits per heavy atom. The normalized spacial score (nSPS) is 12.1. The lowest BCUT2D eigenvalue weighted by Crippen LogP contribution is -2.54. The van der Waals surface area contributed by atoms with Crippen LogP contribution in [0.25, 0.3) is 0 Å². The minimum absolute atomic E-state index is 0.00881. The number of hydrogen-bond acceptors (Lipinski definition) is 6. The molecular formula is C27H28N2O6. The van der Waals surface area contributed by atoms with Gasteiger partial charge in [-0.1, -0.05) is 91.0 Å². The summed E-state index contributed by atoms with van der Waals surface area (Å²) in [5.41, 5.74) is 2.39. The largest absolute Gasteiger partial charge is 0.459 e. The number of rotatable bonds is 11. The van der Waals surface area contributed by atoms with Crippen molar-refractivity contribution >= 4 is 18.0 Å². The first-order chi connectivity index (χ1) is 17.0. The van der Waals surface area contributed by atoms with Gasteiger partial charge in [0.1, 0.15) is 25.3 Å². The van der Waals surface area contributed by atoms with Crippen molar-refractivity contribution in [3.8, 4) is 0 Å². The van der Waals surface area contributed by atoms with Gasteiger partial charge in [0, 0.05) is 6.42 Å². The molecule has 3 rings (SSSR count). The van der Waals surface area contributed by atoms with E-state index in [1.807, 2.05) is 78.9 Å². The summed E-state index contributed by atoms with van der Waals surface area (Å²) in [5, 5.41) is 14.6. The van der Waals surface area contributed by atoms with Gasteiger partial charge in [-0.15, -0.1) is 0 Å². The maximum atomic E-state index is 12.8. The van der Waals surface area contributed by atoms with E-state index >= 15 is 0 Å².